The van der Waals surface area contributed by atoms with E-state index >= 15 is 0 Å². The van der Waals surface area contributed by atoms with Gasteiger partial charge in [-0.25, -0.2) is 4.90 Å². The maximum absolute atomic E-state index is 14.0. The fraction of sp³-hybridized carbons (Fsp3) is 0.375. The lowest BCUT2D eigenvalue weighted by Crippen LogP contribution is -2.54. The van der Waals surface area contributed by atoms with Crippen LogP contribution in [0.4, 0.5) is 17.1 Å². The highest BCUT2D eigenvalue weighted by Gasteiger charge is 2.74. The maximum Gasteiger partial charge on any atom is 0.271 e. The van der Waals surface area contributed by atoms with Gasteiger partial charge in [-0.05, 0) is 44.9 Å². The van der Waals surface area contributed by atoms with Gasteiger partial charge in [-0.1, -0.05) is 23.8 Å². The first-order valence-electron chi connectivity index (χ1n) is 11.1. The highest BCUT2D eigenvalue weighted by atomic mass is 16.6. The van der Waals surface area contributed by atoms with Gasteiger partial charge in [0.25, 0.3) is 5.69 Å². The average molecular weight is 446 g/mol. The molecule has 0 aliphatic carbocycles. The minimum Gasteiger partial charge on any atom is -0.324 e. The molecule has 4 atom stereocenters. The monoisotopic (exact) mass is 446 g/mol. The second-order valence-corrected chi connectivity index (χ2v) is 9.42. The summed E-state index contributed by atoms with van der Waals surface area (Å²) in [4.78, 5) is 55.4. The highest BCUT2D eigenvalue weighted by molar-refractivity contribution is 6.26. The number of aryl methyl sites for hydroxylation is 2. The number of amides is 3. The predicted molar refractivity (Wildman–Crippen MR) is 119 cm³/mol. The summed E-state index contributed by atoms with van der Waals surface area (Å²) >= 11 is 0. The first kappa shape index (κ1) is 20.0. The van der Waals surface area contributed by atoms with Gasteiger partial charge in [-0.2, -0.15) is 0 Å². The topological polar surface area (TPSA) is 113 Å². The minimum absolute atomic E-state index is 0.190. The molecule has 0 unspecified atom stereocenters. The largest absolute Gasteiger partial charge is 0.324 e. The molecule has 4 aliphatic rings. The molecule has 0 aromatic heterocycles. The smallest absolute Gasteiger partial charge is 0.271 e. The number of non-ortho nitro benzene ring substituents is 1. The third-order valence-electron chi connectivity index (χ3n) is 7.79. The van der Waals surface area contributed by atoms with Gasteiger partial charge in [0, 0.05) is 29.4 Å². The van der Waals surface area contributed by atoms with Crippen molar-refractivity contribution in [2.45, 2.75) is 38.3 Å². The zero-order valence-corrected chi connectivity index (χ0v) is 18.2. The molecule has 2 aromatic carbocycles. The first-order valence-corrected chi connectivity index (χ1v) is 11.1. The van der Waals surface area contributed by atoms with Crippen LogP contribution in [0.5, 0.6) is 0 Å². The normalized spacial score (nSPS) is 30.1. The molecule has 0 radical (unpaired) electrons. The molecule has 9 heteroatoms. The van der Waals surface area contributed by atoms with E-state index in [2.05, 4.69) is 10.2 Å². The summed E-state index contributed by atoms with van der Waals surface area (Å²) in [6, 6.07) is 9.64. The molecule has 1 N–H and O–H groups in total. The average Bonchev–Trinajstić information content (AvgIpc) is 3.47. The van der Waals surface area contributed by atoms with Crippen LogP contribution < -0.4 is 10.2 Å². The van der Waals surface area contributed by atoms with E-state index in [1.54, 1.807) is 13.0 Å². The van der Waals surface area contributed by atoms with E-state index < -0.39 is 28.2 Å². The number of fused-ring (bicyclic) bond motifs is 7. The van der Waals surface area contributed by atoms with Crippen LogP contribution in [-0.2, 0) is 19.9 Å². The molecular formula is C24H22N4O5. The van der Waals surface area contributed by atoms with Crippen LogP contribution in [0.25, 0.3) is 0 Å². The fourth-order valence-electron chi connectivity index (χ4n) is 6.51. The zero-order chi connectivity index (χ0) is 23.2. The first-order chi connectivity index (χ1) is 15.8. The quantitative estimate of drug-likeness (QED) is 0.431. The van der Waals surface area contributed by atoms with E-state index in [0.717, 1.165) is 28.9 Å². The number of imide groups is 1. The maximum atomic E-state index is 14.0. The number of hydrogen-bond donors (Lipinski definition) is 1. The number of anilines is 2. The van der Waals surface area contributed by atoms with Crippen LogP contribution in [0, 0.1) is 35.8 Å². The van der Waals surface area contributed by atoms with Crippen molar-refractivity contribution in [1.29, 1.82) is 0 Å². The Morgan fingerprint density at radius 1 is 1.09 bits per heavy atom. The Labute approximate surface area is 189 Å². The number of hydrogen-bond acceptors (Lipinski definition) is 6. The molecule has 4 heterocycles. The van der Waals surface area contributed by atoms with Crippen molar-refractivity contribution in [3.8, 4) is 0 Å². The van der Waals surface area contributed by atoms with Gasteiger partial charge in [0.15, 0.2) is 0 Å². The van der Waals surface area contributed by atoms with Gasteiger partial charge >= 0.3 is 0 Å². The molecular weight excluding hydrogens is 424 g/mol. The van der Waals surface area contributed by atoms with Gasteiger partial charge in [0.05, 0.1) is 22.4 Å². The summed E-state index contributed by atoms with van der Waals surface area (Å²) in [5.41, 5.74) is 1.75. The lowest BCUT2D eigenvalue weighted by molar-refractivity contribution is -0.384. The SMILES string of the molecule is Cc1ccc2c(c1)[C@]1(C(=O)N2)[C@@H]2C(=O)N(c3cc([N+](=O)[O-])ccc3C)C(=O)[C@H]2[C@@H]2CCCN21. The Hall–Kier alpha value is -3.59. The van der Waals surface area contributed by atoms with E-state index in [-0.39, 0.29) is 29.2 Å². The van der Waals surface area contributed by atoms with Crippen molar-refractivity contribution in [1.82, 2.24) is 4.90 Å². The second kappa shape index (κ2) is 6.48. The van der Waals surface area contributed by atoms with Crippen molar-refractivity contribution in [2.24, 2.45) is 11.8 Å². The van der Waals surface area contributed by atoms with E-state index in [1.807, 2.05) is 25.1 Å². The molecule has 2 aromatic rings. The van der Waals surface area contributed by atoms with Crippen LogP contribution >= 0.6 is 0 Å². The molecule has 168 valence electrons. The van der Waals surface area contributed by atoms with Crippen LogP contribution in [-0.4, -0.2) is 40.1 Å². The predicted octanol–water partition coefficient (Wildman–Crippen LogP) is 2.64. The van der Waals surface area contributed by atoms with Gasteiger partial charge in [0.2, 0.25) is 17.7 Å². The molecule has 9 nitrogen and oxygen atoms in total. The molecule has 3 fully saturated rings. The van der Waals surface area contributed by atoms with Gasteiger partial charge in [-0.15, -0.1) is 0 Å². The third kappa shape index (κ3) is 2.32. The molecule has 3 saturated heterocycles. The summed E-state index contributed by atoms with van der Waals surface area (Å²) < 4.78 is 0. The Bertz CT molecular complexity index is 1290. The van der Waals surface area contributed by atoms with Crippen LogP contribution in [0.3, 0.4) is 0 Å². The molecule has 3 amide bonds. The van der Waals surface area contributed by atoms with Crippen LogP contribution in [0.2, 0.25) is 0 Å². The van der Waals surface area contributed by atoms with Crippen molar-refractivity contribution in [3.05, 3.63) is 63.2 Å². The van der Waals surface area contributed by atoms with Crippen LogP contribution in [0.1, 0.15) is 29.5 Å². The van der Waals surface area contributed by atoms with Crippen molar-refractivity contribution in [2.75, 3.05) is 16.8 Å². The summed E-state index contributed by atoms with van der Waals surface area (Å²) in [6.45, 7) is 4.28. The number of carbonyl (C=O) groups is 3. The molecule has 33 heavy (non-hydrogen) atoms. The van der Waals surface area contributed by atoms with Gasteiger partial charge in [0.1, 0.15) is 5.54 Å². The summed E-state index contributed by atoms with van der Waals surface area (Å²) in [6.07, 6.45) is 1.56. The number of nitrogens with zero attached hydrogens (tertiary/aromatic N) is 3. The number of nitro groups is 1. The van der Waals surface area contributed by atoms with Crippen molar-refractivity contribution >= 4 is 34.8 Å². The van der Waals surface area contributed by atoms with Crippen molar-refractivity contribution in [3.63, 3.8) is 0 Å². The van der Waals surface area contributed by atoms with E-state index in [9.17, 15) is 24.5 Å². The zero-order valence-electron chi connectivity index (χ0n) is 18.2. The second-order valence-electron chi connectivity index (χ2n) is 9.42. The third-order valence-corrected chi connectivity index (χ3v) is 7.79. The standard InChI is InChI=1S/C24H22N4O5/c1-12-5-8-16-15(10-12)24(23(31)25-16)20-19(17-4-3-9-26(17)24)21(29)27(22(20)30)18-11-14(28(32)33)7-6-13(18)2/h5-8,10-11,17,19-20H,3-4,9H2,1-2H3,(H,25,31)/t17-,19-,20-,24+/m0/s1. The molecule has 4 aliphatic heterocycles. The lowest BCUT2D eigenvalue weighted by atomic mass is 9.75. The molecule has 1 spiro atoms. The Kier molecular flexibility index (Phi) is 3.93. The number of carbonyl (C=O) groups excluding carboxylic acids is 3. The Balaban J connectivity index is 1.56. The summed E-state index contributed by atoms with van der Waals surface area (Å²) in [7, 11) is 0. The number of benzene rings is 2. The van der Waals surface area contributed by atoms with Crippen LogP contribution in [0.15, 0.2) is 36.4 Å². The highest BCUT2D eigenvalue weighted by Crippen LogP contribution is 2.60. The van der Waals surface area contributed by atoms with Gasteiger partial charge < -0.3 is 5.32 Å². The van der Waals surface area contributed by atoms with Crippen molar-refractivity contribution < 1.29 is 19.3 Å². The number of nitro benzene ring substituents is 1. The van der Waals surface area contributed by atoms with E-state index in [4.69, 9.17) is 0 Å². The lowest BCUT2D eigenvalue weighted by Gasteiger charge is -2.36. The Morgan fingerprint density at radius 3 is 2.64 bits per heavy atom. The van der Waals surface area contributed by atoms with E-state index in [1.165, 1.54) is 12.1 Å². The minimum atomic E-state index is -1.25. The molecule has 6 rings (SSSR count). The number of rotatable bonds is 2. The fourth-order valence-corrected chi connectivity index (χ4v) is 6.51. The summed E-state index contributed by atoms with van der Waals surface area (Å²) in [5.74, 6) is -2.67. The Morgan fingerprint density at radius 2 is 1.88 bits per heavy atom. The van der Waals surface area contributed by atoms with Gasteiger partial charge in [-0.3, -0.25) is 29.4 Å². The molecule has 0 saturated carbocycles. The number of nitrogens with one attached hydrogen (secondary N) is 1. The molecule has 0 bridgehead atoms. The van der Waals surface area contributed by atoms with E-state index in [0.29, 0.717) is 17.8 Å². The summed E-state index contributed by atoms with van der Waals surface area (Å²) in [5, 5.41) is 14.3.